The average molecular weight is 451 g/mol. The maximum absolute atomic E-state index is 11.9. The first kappa shape index (κ1) is 26.2. The normalized spacial score (nSPS) is 11.4. The SMILES string of the molecule is CC(C)=CCCC(C)=CCc1c(O)cc(CCCCCCc2ccccc2)c(C(=O)O)c1O. The lowest BCUT2D eigenvalue weighted by molar-refractivity contribution is 0.0692. The van der Waals surface area contributed by atoms with Crippen LogP contribution in [0.1, 0.15) is 86.3 Å². The smallest absolute Gasteiger partial charge is 0.339 e. The van der Waals surface area contributed by atoms with Crippen LogP contribution in [0.15, 0.2) is 59.7 Å². The highest BCUT2D eigenvalue weighted by molar-refractivity contribution is 5.93. The lowest BCUT2D eigenvalue weighted by Crippen LogP contribution is -2.06. The van der Waals surface area contributed by atoms with Gasteiger partial charge >= 0.3 is 5.97 Å². The molecule has 0 amide bonds. The fraction of sp³-hybridized carbons (Fsp3) is 0.414. The first-order valence-electron chi connectivity index (χ1n) is 11.9. The maximum Gasteiger partial charge on any atom is 0.339 e. The van der Waals surface area contributed by atoms with E-state index in [4.69, 9.17) is 0 Å². The van der Waals surface area contributed by atoms with Crippen molar-refractivity contribution in [1.29, 1.82) is 0 Å². The van der Waals surface area contributed by atoms with Crippen LogP contribution in [0.2, 0.25) is 0 Å². The van der Waals surface area contributed by atoms with E-state index in [1.807, 2.05) is 31.2 Å². The second-order valence-electron chi connectivity index (χ2n) is 9.04. The number of carbonyl (C=O) groups is 1. The first-order chi connectivity index (χ1) is 15.8. The number of benzene rings is 2. The Morgan fingerprint density at radius 1 is 0.909 bits per heavy atom. The number of phenolic OH excluding ortho intramolecular Hbond substituents is 1. The van der Waals surface area contributed by atoms with Crippen LogP contribution in [-0.4, -0.2) is 21.3 Å². The van der Waals surface area contributed by atoms with E-state index >= 15 is 0 Å². The van der Waals surface area contributed by atoms with Crippen LogP contribution in [0.4, 0.5) is 0 Å². The Morgan fingerprint density at radius 2 is 1.58 bits per heavy atom. The summed E-state index contributed by atoms with van der Waals surface area (Å²) >= 11 is 0. The molecule has 0 aromatic heterocycles. The second-order valence-corrected chi connectivity index (χ2v) is 9.04. The summed E-state index contributed by atoms with van der Waals surface area (Å²) in [5.41, 5.74) is 4.44. The monoisotopic (exact) mass is 450 g/mol. The quantitative estimate of drug-likeness (QED) is 0.220. The number of carboxylic acids is 1. The molecule has 0 fully saturated rings. The molecule has 0 spiro atoms. The van der Waals surface area contributed by atoms with E-state index in [1.54, 1.807) is 0 Å². The molecule has 0 aliphatic heterocycles. The lowest BCUT2D eigenvalue weighted by atomic mass is 9.94. The fourth-order valence-electron chi connectivity index (χ4n) is 4.00. The van der Waals surface area contributed by atoms with Crippen LogP contribution in [0.3, 0.4) is 0 Å². The van der Waals surface area contributed by atoms with Gasteiger partial charge in [0.15, 0.2) is 0 Å². The molecule has 178 valence electrons. The third-order valence-electron chi connectivity index (χ3n) is 5.93. The largest absolute Gasteiger partial charge is 0.508 e. The minimum Gasteiger partial charge on any atom is -0.508 e. The van der Waals surface area contributed by atoms with E-state index in [1.165, 1.54) is 17.2 Å². The summed E-state index contributed by atoms with van der Waals surface area (Å²) in [6.45, 7) is 6.14. The summed E-state index contributed by atoms with van der Waals surface area (Å²) in [4.78, 5) is 11.9. The fourth-order valence-corrected chi connectivity index (χ4v) is 4.00. The van der Waals surface area contributed by atoms with Crippen LogP contribution < -0.4 is 0 Å². The van der Waals surface area contributed by atoms with Gasteiger partial charge in [-0.25, -0.2) is 4.79 Å². The van der Waals surface area contributed by atoms with Gasteiger partial charge in [0.25, 0.3) is 0 Å². The molecule has 4 heteroatoms. The third-order valence-corrected chi connectivity index (χ3v) is 5.93. The van der Waals surface area contributed by atoms with Crippen molar-refractivity contribution in [1.82, 2.24) is 0 Å². The Bertz CT molecular complexity index is 967. The zero-order chi connectivity index (χ0) is 24.2. The number of hydrogen-bond acceptors (Lipinski definition) is 3. The summed E-state index contributed by atoms with van der Waals surface area (Å²) in [5, 5.41) is 30.9. The summed E-state index contributed by atoms with van der Waals surface area (Å²) in [6, 6.07) is 11.9. The van der Waals surface area contributed by atoms with Crippen LogP contribution in [0.25, 0.3) is 0 Å². The number of aromatic carboxylic acids is 1. The van der Waals surface area contributed by atoms with Gasteiger partial charge in [0.2, 0.25) is 0 Å². The minimum atomic E-state index is -1.16. The van der Waals surface area contributed by atoms with Gasteiger partial charge in [-0.2, -0.15) is 0 Å². The lowest BCUT2D eigenvalue weighted by Gasteiger charge is -2.14. The van der Waals surface area contributed by atoms with Crippen molar-refractivity contribution in [2.75, 3.05) is 0 Å². The number of allylic oxidation sites excluding steroid dienone is 4. The molecule has 0 heterocycles. The summed E-state index contributed by atoms with van der Waals surface area (Å²) in [6.07, 6.45) is 11.8. The molecule has 2 aromatic carbocycles. The highest BCUT2D eigenvalue weighted by Gasteiger charge is 2.21. The average Bonchev–Trinajstić information content (AvgIpc) is 2.76. The molecule has 0 unspecified atom stereocenters. The van der Waals surface area contributed by atoms with Crippen LogP contribution >= 0.6 is 0 Å². The van der Waals surface area contributed by atoms with Gasteiger partial charge in [-0.1, -0.05) is 66.5 Å². The zero-order valence-electron chi connectivity index (χ0n) is 20.2. The highest BCUT2D eigenvalue weighted by atomic mass is 16.4. The third kappa shape index (κ3) is 8.80. The molecule has 2 rings (SSSR count). The van der Waals surface area contributed by atoms with Crippen LogP contribution in [0, 0.1) is 0 Å². The van der Waals surface area contributed by atoms with Gasteiger partial charge in [-0.05, 0) is 82.9 Å². The zero-order valence-corrected chi connectivity index (χ0v) is 20.2. The molecule has 4 nitrogen and oxygen atoms in total. The second kappa shape index (κ2) is 13.5. The Labute approximate surface area is 198 Å². The molecule has 0 bridgehead atoms. The molecule has 0 aliphatic rings. The van der Waals surface area contributed by atoms with E-state index in [-0.39, 0.29) is 22.6 Å². The van der Waals surface area contributed by atoms with Gasteiger partial charge in [-0.3, -0.25) is 0 Å². The van der Waals surface area contributed by atoms with E-state index in [0.29, 0.717) is 18.4 Å². The van der Waals surface area contributed by atoms with Crippen molar-refractivity contribution >= 4 is 5.97 Å². The van der Waals surface area contributed by atoms with E-state index in [0.717, 1.165) is 50.5 Å². The van der Waals surface area contributed by atoms with Crippen LogP contribution in [-0.2, 0) is 19.3 Å². The highest BCUT2D eigenvalue weighted by Crippen LogP contribution is 2.35. The summed E-state index contributed by atoms with van der Waals surface area (Å²) in [5.74, 6) is -1.50. The Kier molecular flexibility index (Phi) is 10.8. The molecule has 33 heavy (non-hydrogen) atoms. The minimum absolute atomic E-state index is 0.0371. The van der Waals surface area contributed by atoms with Crippen molar-refractivity contribution in [3.8, 4) is 11.5 Å². The number of rotatable bonds is 13. The van der Waals surface area contributed by atoms with Crippen molar-refractivity contribution in [3.05, 3.63) is 82.0 Å². The summed E-state index contributed by atoms with van der Waals surface area (Å²) in [7, 11) is 0. The Morgan fingerprint density at radius 3 is 2.21 bits per heavy atom. The Hall–Kier alpha value is -3.01. The number of phenols is 2. The summed E-state index contributed by atoms with van der Waals surface area (Å²) < 4.78 is 0. The van der Waals surface area contributed by atoms with Crippen LogP contribution in [0.5, 0.6) is 11.5 Å². The molecule has 0 aliphatic carbocycles. The molecule has 0 atom stereocenters. The molecular weight excluding hydrogens is 412 g/mol. The molecular formula is C29H38O4. The van der Waals surface area contributed by atoms with E-state index in [9.17, 15) is 20.1 Å². The number of aryl methyl sites for hydroxylation is 2. The Balaban J connectivity index is 1.97. The van der Waals surface area contributed by atoms with E-state index in [2.05, 4.69) is 32.1 Å². The predicted molar refractivity (Wildman–Crippen MR) is 135 cm³/mol. The van der Waals surface area contributed by atoms with Crippen molar-refractivity contribution in [3.63, 3.8) is 0 Å². The van der Waals surface area contributed by atoms with Crippen molar-refractivity contribution < 1.29 is 20.1 Å². The maximum atomic E-state index is 11.9. The number of hydrogen-bond donors (Lipinski definition) is 3. The predicted octanol–water partition coefficient (Wildman–Crippen LogP) is 7.38. The molecule has 0 saturated heterocycles. The topological polar surface area (TPSA) is 77.8 Å². The van der Waals surface area contributed by atoms with Gasteiger partial charge in [0.05, 0.1) is 0 Å². The molecule has 0 radical (unpaired) electrons. The first-order valence-corrected chi connectivity index (χ1v) is 11.9. The molecule has 3 N–H and O–H groups in total. The van der Waals surface area contributed by atoms with Crippen molar-refractivity contribution in [2.24, 2.45) is 0 Å². The van der Waals surface area contributed by atoms with E-state index < -0.39 is 5.97 Å². The number of unbranched alkanes of at least 4 members (excludes halogenated alkanes) is 3. The molecule has 0 saturated carbocycles. The standard InChI is InChI=1S/C29H38O4/c1-21(2)12-11-13-22(3)18-19-25-26(30)20-24(27(28(25)31)29(32)33)17-10-5-4-7-14-23-15-8-6-9-16-23/h6,8-9,12,15-16,18,20,30-31H,4-5,7,10-11,13-14,17,19H2,1-3H3,(H,32,33). The molecule has 2 aromatic rings. The van der Waals surface area contributed by atoms with Gasteiger partial charge in [-0.15, -0.1) is 0 Å². The van der Waals surface area contributed by atoms with Crippen molar-refractivity contribution in [2.45, 2.75) is 78.6 Å². The van der Waals surface area contributed by atoms with Gasteiger partial charge in [0, 0.05) is 5.56 Å². The van der Waals surface area contributed by atoms with Gasteiger partial charge < -0.3 is 15.3 Å². The number of carboxylic acid groups (broad SMARTS) is 1. The van der Waals surface area contributed by atoms with Gasteiger partial charge in [0.1, 0.15) is 17.1 Å². The number of aromatic hydroxyl groups is 2.